The van der Waals surface area contributed by atoms with Gasteiger partial charge in [0.05, 0.1) is 33.4 Å². The van der Waals surface area contributed by atoms with Gasteiger partial charge >= 0.3 is 0 Å². The Kier molecular flexibility index (Phi) is 6.05. The standard InChI is InChI=1S/C23H22Cl2N6O2/c1-30(2)13-29-22-17-7-8-31(23(17)28-12-27-22)20-6-4-15(33-20)11-32-14-3-5-16-19(9-14)26-10-18(24)21(16)25/h3,5,7-10,12-13,15,20H,4,6,11H2,1-2H3/b29-13+/t15-,20+/m0/s1. The van der Waals surface area contributed by atoms with Crippen molar-refractivity contribution in [2.45, 2.75) is 25.2 Å². The molecule has 1 saturated heterocycles. The lowest BCUT2D eigenvalue weighted by Gasteiger charge is -2.16. The van der Waals surface area contributed by atoms with E-state index in [1.807, 2.05) is 54.0 Å². The lowest BCUT2D eigenvalue weighted by Crippen LogP contribution is -2.18. The monoisotopic (exact) mass is 484 g/mol. The number of hydrogen-bond acceptors (Lipinski definition) is 6. The van der Waals surface area contributed by atoms with E-state index in [4.69, 9.17) is 32.7 Å². The molecule has 0 unspecified atom stereocenters. The first-order valence-electron chi connectivity index (χ1n) is 10.5. The highest BCUT2D eigenvalue weighted by atomic mass is 35.5. The molecule has 2 atom stereocenters. The summed E-state index contributed by atoms with van der Waals surface area (Å²) in [7, 11) is 3.83. The molecule has 0 saturated carbocycles. The first-order valence-corrected chi connectivity index (χ1v) is 11.3. The maximum Gasteiger partial charge on any atom is 0.166 e. The Morgan fingerprint density at radius 2 is 2.06 bits per heavy atom. The molecule has 4 aromatic rings. The summed E-state index contributed by atoms with van der Waals surface area (Å²) < 4.78 is 14.3. The van der Waals surface area contributed by atoms with Gasteiger partial charge in [-0.2, -0.15) is 0 Å². The Morgan fingerprint density at radius 3 is 2.91 bits per heavy atom. The average Bonchev–Trinajstić information content (AvgIpc) is 3.46. The maximum absolute atomic E-state index is 6.27. The molecule has 0 amide bonds. The van der Waals surface area contributed by atoms with Crippen LogP contribution in [-0.4, -0.2) is 57.6 Å². The van der Waals surface area contributed by atoms with Crippen molar-refractivity contribution in [3.63, 3.8) is 0 Å². The molecule has 170 valence electrons. The van der Waals surface area contributed by atoms with Crippen molar-refractivity contribution < 1.29 is 9.47 Å². The third-order valence-corrected chi connectivity index (χ3v) is 6.25. The van der Waals surface area contributed by atoms with E-state index in [0.29, 0.717) is 28.2 Å². The predicted octanol–water partition coefficient (Wildman–Crippen LogP) is 5.26. The molecule has 1 aromatic carbocycles. The third kappa shape index (κ3) is 4.46. The minimum atomic E-state index is -0.115. The van der Waals surface area contributed by atoms with Crippen LogP contribution in [0.1, 0.15) is 19.1 Å². The van der Waals surface area contributed by atoms with E-state index in [1.54, 1.807) is 12.5 Å². The van der Waals surface area contributed by atoms with Crippen LogP contribution >= 0.6 is 23.2 Å². The molecule has 8 nitrogen and oxygen atoms in total. The number of halogens is 2. The number of aliphatic imine (C=N–C) groups is 1. The Hall–Kier alpha value is -2.94. The molecule has 4 heterocycles. The van der Waals surface area contributed by atoms with E-state index >= 15 is 0 Å². The Labute approximate surface area is 200 Å². The molecule has 1 aliphatic heterocycles. The summed E-state index contributed by atoms with van der Waals surface area (Å²) >= 11 is 12.3. The van der Waals surface area contributed by atoms with Crippen LogP contribution in [0.4, 0.5) is 5.82 Å². The lowest BCUT2D eigenvalue weighted by atomic mass is 10.2. The fourth-order valence-corrected chi connectivity index (χ4v) is 4.23. The highest BCUT2D eigenvalue weighted by Crippen LogP contribution is 2.34. The quantitative estimate of drug-likeness (QED) is 0.274. The molecule has 0 N–H and O–H groups in total. The van der Waals surface area contributed by atoms with Gasteiger partial charge in [0.2, 0.25) is 0 Å². The normalized spacial score (nSPS) is 18.5. The zero-order valence-electron chi connectivity index (χ0n) is 18.2. The minimum absolute atomic E-state index is 0.0296. The number of pyridine rings is 1. The topological polar surface area (TPSA) is 77.7 Å². The van der Waals surface area contributed by atoms with Gasteiger partial charge in [0.25, 0.3) is 0 Å². The molecule has 0 spiro atoms. The molecule has 0 bridgehead atoms. The van der Waals surface area contributed by atoms with E-state index in [-0.39, 0.29) is 12.3 Å². The van der Waals surface area contributed by atoms with Crippen LogP contribution in [0.5, 0.6) is 5.75 Å². The first kappa shape index (κ1) is 21.9. The Bertz CT molecular complexity index is 1340. The number of benzene rings is 1. The van der Waals surface area contributed by atoms with Gasteiger partial charge < -0.3 is 18.9 Å². The van der Waals surface area contributed by atoms with Crippen molar-refractivity contribution in [3.8, 4) is 5.75 Å². The van der Waals surface area contributed by atoms with Gasteiger partial charge in [-0.15, -0.1) is 0 Å². The highest BCUT2D eigenvalue weighted by molar-refractivity contribution is 6.45. The molecule has 33 heavy (non-hydrogen) atoms. The van der Waals surface area contributed by atoms with E-state index in [1.165, 1.54) is 6.33 Å². The van der Waals surface area contributed by atoms with Crippen molar-refractivity contribution in [2.75, 3.05) is 20.7 Å². The van der Waals surface area contributed by atoms with E-state index < -0.39 is 0 Å². The third-order valence-electron chi connectivity index (χ3n) is 5.46. The SMILES string of the molecule is CN(C)/C=N/c1ncnc2c1ccn2[C@H]1CC[C@@H](COc2ccc3c(Cl)c(Cl)cnc3c2)O1. The number of nitrogens with zero attached hydrogens (tertiary/aromatic N) is 6. The zero-order valence-corrected chi connectivity index (χ0v) is 19.7. The molecular weight excluding hydrogens is 463 g/mol. The Morgan fingerprint density at radius 1 is 1.18 bits per heavy atom. The number of rotatable bonds is 6. The van der Waals surface area contributed by atoms with E-state index in [2.05, 4.69) is 19.9 Å². The van der Waals surface area contributed by atoms with Gasteiger partial charge in [0.1, 0.15) is 30.6 Å². The van der Waals surface area contributed by atoms with Crippen LogP contribution in [0.3, 0.4) is 0 Å². The number of fused-ring (bicyclic) bond motifs is 2. The molecule has 0 radical (unpaired) electrons. The average molecular weight is 485 g/mol. The number of ether oxygens (including phenoxy) is 2. The number of hydrogen-bond donors (Lipinski definition) is 0. The molecule has 1 aliphatic rings. The van der Waals surface area contributed by atoms with Crippen LogP contribution in [-0.2, 0) is 4.74 Å². The van der Waals surface area contributed by atoms with Crippen LogP contribution in [0.25, 0.3) is 21.9 Å². The van der Waals surface area contributed by atoms with Gasteiger partial charge in [-0.3, -0.25) is 4.98 Å². The summed E-state index contributed by atoms with van der Waals surface area (Å²) in [5.41, 5.74) is 1.54. The van der Waals surface area contributed by atoms with Crippen LogP contribution < -0.4 is 4.74 Å². The second-order valence-electron chi connectivity index (χ2n) is 8.07. The van der Waals surface area contributed by atoms with Gasteiger partial charge in [-0.05, 0) is 31.0 Å². The van der Waals surface area contributed by atoms with Gasteiger partial charge in [0, 0.05) is 37.9 Å². The molecule has 5 rings (SSSR count). The molecule has 3 aromatic heterocycles. The number of aromatic nitrogens is 4. The smallest absolute Gasteiger partial charge is 0.166 e. The molecule has 10 heteroatoms. The van der Waals surface area contributed by atoms with Crippen molar-refractivity contribution >= 4 is 57.3 Å². The van der Waals surface area contributed by atoms with E-state index in [0.717, 1.165) is 34.8 Å². The van der Waals surface area contributed by atoms with Crippen LogP contribution in [0.2, 0.25) is 10.0 Å². The summed E-state index contributed by atoms with van der Waals surface area (Å²) in [6.07, 6.45) is 8.39. The van der Waals surface area contributed by atoms with Crippen LogP contribution in [0.15, 0.2) is 48.0 Å². The minimum Gasteiger partial charge on any atom is -0.491 e. The van der Waals surface area contributed by atoms with Crippen LogP contribution in [0, 0.1) is 0 Å². The summed E-state index contributed by atoms with van der Waals surface area (Å²) in [6.45, 7) is 0.440. The van der Waals surface area contributed by atoms with Crippen molar-refractivity contribution in [2.24, 2.45) is 4.99 Å². The van der Waals surface area contributed by atoms with Crippen molar-refractivity contribution in [1.82, 2.24) is 24.4 Å². The summed E-state index contributed by atoms with van der Waals surface area (Å²) in [5.74, 6) is 1.35. The van der Waals surface area contributed by atoms with Crippen molar-refractivity contribution in [3.05, 3.63) is 53.0 Å². The first-order chi connectivity index (χ1) is 16.0. The zero-order chi connectivity index (χ0) is 22.9. The predicted molar refractivity (Wildman–Crippen MR) is 130 cm³/mol. The molecule has 0 aliphatic carbocycles. The van der Waals surface area contributed by atoms with Gasteiger partial charge in [-0.25, -0.2) is 15.0 Å². The molecule has 1 fully saturated rings. The summed E-state index contributed by atoms with van der Waals surface area (Å²) in [6, 6.07) is 7.57. The van der Waals surface area contributed by atoms with Gasteiger partial charge in [0.15, 0.2) is 5.82 Å². The summed E-state index contributed by atoms with van der Waals surface area (Å²) in [5, 5.41) is 2.61. The summed E-state index contributed by atoms with van der Waals surface area (Å²) in [4.78, 5) is 19.4. The second-order valence-corrected chi connectivity index (χ2v) is 8.85. The fourth-order valence-electron chi connectivity index (χ4n) is 3.87. The Balaban J connectivity index is 1.27. The van der Waals surface area contributed by atoms with Crippen molar-refractivity contribution in [1.29, 1.82) is 0 Å². The van der Waals surface area contributed by atoms with Gasteiger partial charge in [-0.1, -0.05) is 23.2 Å². The van der Waals surface area contributed by atoms with E-state index in [9.17, 15) is 0 Å². The highest BCUT2D eigenvalue weighted by Gasteiger charge is 2.28. The molecular formula is C23H22Cl2N6O2. The largest absolute Gasteiger partial charge is 0.491 e. The second kappa shape index (κ2) is 9.13. The maximum atomic E-state index is 6.27. The fraction of sp³-hybridized carbons (Fsp3) is 0.304. The lowest BCUT2D eigenvalue weighted by molar-refractivity contribution is -0.0156.